The molecule has 3 N–H and O–H groups in total. The Morgan fingerprint density at radius 1 is 0.629 bits per heavy atom. The molecule has 0 radical (unpaired) electrons. The molecule has 0 heterocycles. The van der Waals surface area contributed by atoms with Gasteiger partial charge in [0.25, 0.3) is 0 Å². The second-order valence-corrected chi connectivity index (χ2v) is 8.03. The van der Waals surface area contributed by atoms with E-state index in [2.05, 4.69) is 5.32 Å². The van der Waals surface area contributed by atoms with Crippen LogP contribution in [0.2, 0.25) is 0 Å². The molecule has 0 spiro atoms. The van der Waals surface area contributed by atoms with Gasteiger partial charge in [-0.1, -0.05) is 0 Å². The highest BCUT2D eigenvalue weighted by molar-refractivity contribution is 5.81. The van der Waals surface area contributed by atoms with Crippen molar-refractivity contribution < 1.29 is 52.4 Å². The third-order valence-corrected chi connectivity index (χ3v) is 3.72. The van der Waals surface area contributed by atoms with Crippen molar-refractivity contribution in [3.8, 4) is 0 Å². The van der Waals surface area contributed by atoms with Gasteiger partial charge in [-0.2, -0.15) is 0 Å². The van der Waals surface area contributed by atoms with E-state index in [-0.39, 0.29) is 77.7 Å². The molecule has 202 valence electrons. The van der Waals surface area contributed by atoms with Crippen molar-refractivity contribution in [2.45, 2.75) is 52.1 Å². The van der Waals surface area contributed by atoms with Crippen LogP contribution in [0.3, 0.4) is 0 Å². The van der Waals surface area contributed by atoms with Crippen LogP contribution in [0, 0.1) is 0 Å². The van der Waals surface area contributed by atoms with Gasteiger partial charge in [0.15, 0.2) is 0 Å². The molecular formula is C22H38N2O11. The maximum atomic E-state index is 11.7. The van der Waals surface area contributed by atoms with Crippen LogP contribution >= 0.6 is 0 Å². The molecule has 0 saturated carbocycles. The van der Waals surface area contributed by atoms with Gasteiger partial charge >= 0.3 is 23.9 Å². The van der Waals surface area contributed by atoms with Gasteiger partial charge in [-0.3, -0.25) is 24.0 Å². The quantitative estimate of drug-likeness (QED) is 0.132. The molecule has 0 bridgehead atoms. The number of nitrogens with two attached hydrogens (primary N) is 1. The average molecular weight is 507 g/mol. The SMILES string of the molecule is CC(C)(C)OC(=O)CCC(=O)OCCOC(=O)CCC(=O)NCCOCCOCCOC(=O)CN. The van der Waals surface area contributed by atoms with E-state index in [9.17, 15) is 24.0 Å². The fraction of sp³-hybridized carbons (Fsp3) is 0.773. The molecule has 0 rings (SSSR count). The summed E-state index contributed by atoms with van der Waals surface area (Å²) >= 11 is 0. The van der Waals surface area contributed by atoms with E-state index < -0.39 is 29.5 Å². The lowest BCUT2D eigenvalue weighted by atomic mass is 10.2. The fourth-order valence-electron chi connectivity index (χ4n) is 2.21. The Balaban J connectivity index is 3.57. The van der Waals surface area contributed by atoms with Crippen LogP contribution in [0.4, 0.5) is 0 Å². The molecule has 0 saturated heterocycles. The first-order chi connectivity index (χ1) is 16.5. The number of rotatable bonds is 19. The third kappa shape index (κ3) is 22.8. The minimum atomic E-state index is -0.624. The number of hydrogen-bond donors (Lipinski definition) is 2. The van der Waals surface area contributed by atoms with Crippen LogP contribution in [0.5, 0.6) is 0 Å². The van der Waals surface area contributed by atoms with Crippen LogP contribution in [0.1, 0.15) is 46.5 Å². The zero-order chi connectivity index (χ0) is 26.5. The van der Waals surface area contributed by atoms with Crippen LogP contribution < -0.4 is 11.1 Å². The smallest absolute Gasteiger partial charge is 0.319 e. The highest BCUT2D eigenvalue weighted by Gasteiger charge is 2.17. The molecule has 0 fully saturated rings. The zero-order valence-corrected chi connectivity index (χ0v) is 20.8. The van der Waals surface area contributed by atoms with E-state index in [1.165, 1.54) is 0 Å². The number of ether oxygens (including phenoxy) is 6. The standard InChI is InChI=1S/C22H38N2O11/c1-22(2,3)35-20(28)7-6-19(27)33-15-14-32-18(26)5-4-17(25)24-8-9-30-10-11-31-12-13-34-21(29)16-23/h4-16,23H2,1-3H3,(H,24,25). The largest absolute Gasteiger partial charge is 0.462 e. The van der Waals surface area contributed by atoms with Crippen LogP contribution in [-0.2, 0) is 52.4 Å². The van der Waals surface area contributed by atoms with Gasteiger partial charge in [0, 0.05) is 13.0 Å². The summed E-state index contributed by atoms with van der Waals surface area (Å²) in [5.41, 5.74) is 4.46. The second kappa shape index (κ2) is 19.5. The van der Waals surface area contributed by atoms with Crippen molar-refractivity contribution in [3.63, 3.8) is 0 Å². The van der Waals surface area contributed by atoms with Crippen molar-refractivity contribution >= 4 is 29.8 Å². The van der Waals surface area contributed by atoms with Gasteiger partial charge < -0.3 is 39.5 Å². The fourth-order valence-corrected chi connectivity index (χ4v) is 2.21. The molecule has 0 atom stereocenters. The molecule has 0 aliphatic rings. The molecule has 0 aromatic heterocycles. The highest BCUT2D eigenvalue weighted by Crippen LogP contribution is 2.09. The van der Waals surface area contributed by atoms with Gasteiger partial charge in [0.2, 0.25) is 5.91 Å². The van der Waals surface area contributed by atoms with E-state index in [0.29, 0.717) is 13.2 Å². The normalized spacial score (nSPS) is 10.9. The summed E-state index contributed by atoms with van der Waals surface area (Å²) in [6, 6.07) is 0. The lowest BCUT2D eigenvalue weighted by molar-refractivity contribution is -0.159. The predicted molar refractivity (Wildman–Crippen MR) is 121 cm³/mol. The Bertz CT molecular complexity index is 662. The van der Waals surface area contributed by atoms with Crippen LogP contribution in [0.15, 0.2) is 0 Å². The average Bonchev–Trinajstić information content (AvgIpc) is 2.79. The lowest BCUT2D eigenvalue weighted by Gasteiger charge is -2.19. The second-order valence-electron chi connectivity index (χ2n) is 8.03. The Morgan fingerprint density at radius 3 is 1.66 bits per heavy atom. The maximum absolute atomic E-state index is 11.7. The van der Waals surface area contributed by atoms with Crippen molar-refractivity contribution in [2.24, 2.45) is 5.73 Å². The molecule has 0 aromatic rings. The van der Waals surface area contributed by atoms with Crippen molar-refractivity contribution in [1.82, 2.24) is 5.32 Å². The maximum Gasteiger partial charge on any atom is 0.319 e. The Kier molecular flexibility index (Phi) is 18.0. The van der Waals surface area contributed by atoms with Gasteiger partial charge in [0.05, 0.1) is 52.2 Å². The minimum absolute atomic E-state index is 0.0564. The van der Waals surface area contributed by atoms with Gasteiger partial charge in [-0.25, -0.2) is 0 Å². The monoisotopic (exact) mass is 506 g/mol. The number of nitrogens with one attached hydrogen (secondary N) is 1. The summed E-state index contributed by atoms with van der Waals surface area (Å²) in [7, 11) is 0. The minimum Gasteiger partial charge on any atom is -0.462 e. The van der Waals surface area contributed by atoms with Crippen molar-refractivity contribution in [1.29, 1.82) is 0 Å². The van der Waals surface area contributed by atoms with Gasteiger partial charge in [-0.05, 0) is 20.8 Å². The molecule has 0 unspecified atom stereocenters. The molecule has 35 heavy (non-hydrogen) atoms. The molecular weight excluding hydrogens is 468 g/mol. The first-order valence-corrected chi connectivity index (χ1v) is 11.3. The van der Waals surface area contributed by atoms with E-state index in [1.807, 2.05) is 0 Å². The molecule has 13 heteroatoms. The zero-order valence-electron chi connectivity index (χ0n) is 20.8. The third-order valence-electron chi connectivity index (χ3n) is 3.72. The number of esters is 4. The molecule has 0 aliphatic heterocycles. The summed E-state index contributed by atoms with van der Waals surface area (Å²) in [6.07, 6.45) is -0.412. The molecule has 13 nitrogen and oxygen atoms in total. The summed E-state index contributed by atoms with van der Waals surface area (Å²) in [6.45, 7) is 6.21. The number of hydrogen-bond acceptors (Lipinski definition) is 12. The first-order valence-electron chi connectivity index (χ1n) is 11.3. The predicted octanol–water partition coefficient (Wildman–Crippen LogP) is -0.374. The van der Waals surface area contributed by atoms with Crippen LogP contribution in [-0.4, -0.2) is 94.7 Å². The van der Waals surface area contributed by atoms with Gasteiger partial charge in [-0.15, -0.1) is 0 Å². The van der Waals surface area contributed by atoms with Crippen LogP contribution in [0.25, 0.3) is 0 Å². The van der Waals surface area contributed by atoms with E-state index in [4.69, 9.17) is 34.2 Å². The van der Waals surface area contributed by atoms with Crippen molar-refractivity contribution in [3.05, 3.63) is 0 Å². The Labute approximate surface area is 205 Å². The summed E-state index contributed by atoms with van der Waals surface area (Å²) < 4.78 is 30.0. The number of carbonyl (C=O) groups is 5. The molecule has 0 aliphatic carbocycles. The van der Waals surface area contributed by atoms with E-state index in [0.717, 1.165) is 0 Å². The van der Waals surface area contributed by atoms with E-state index >= 15 is 0 Å². The number of carbonyl (C=O) groups excluding carboxylic acids is 5. The summed E-state index contributed by atoms with van der Waals surface area (Å²) in [4.78, 5) is 57.2. The summed E-state index contributed by atoms with van der Waals surface area (Å²) in [5, 5.41) is 2.60. The molecule has 1 amide bonds. The summed E-state index contributed by atoms with van der Waals surface area (Å²) in [5.74, 6) is -2.54. The van der Waals surface area contributed by atoms with E-state index in [1.54, 1.807) is 20.8 Å². The number of amides is 1. The Hall–Kier alpha value is -2.77. The lowest BCUT2D eigenvalue weighted by Crippen LogP contribution is -2.28. The topological polar surface area (TPSA) is 179 Å². The van der Waals surface area contributed by atoms with Gasteiger partial charge in [0.1, 0.15) is 25.4 Å². The highest BCUT2D eigenvalue weighted by atomic mass is 16.6. The molecule has 0 aromatic carbocycles. The first kappa shape index (κ1) is 32.2. The Morgan fingerprint density at radius 2 is 1.09 bits per heavy atom. The van der Waals surface area contributed by atoms with Crippen molar-refractivity contribution in [2.75, 3.05) is 59.3 Å².